The van der Waals surface area contributed by atoms with Crippen LogP contribution in [-0.4, -0.2) is 32.2 Å². The van der Waals surface area contributed by atoms with Gasteiger partial charge in [0.15, 0.2) is 11.5 Å². The van der Waals surface area contributed by atoms with Crippen LogP contribution in [0.2, 0.25) is 0 Å². The first-order valence-electron chi connectivity index (χ1n) is 7.82. The molecule has 0 saturated heterocycles. The monoisotopic (exact) mass is 323 g/mol. The summed E-state index contributed by atoms with van der Waals surface area (Å²) in [6.07, 6.45) is 1.13. The zero-order chi connectivity index (χ0) is 17.1. The van der Waals surface area contributed by atoms with E-state index in [0.717, 1.165) is 12.0 Å². The topological polar surface area (TPSA) is 73.9 Å². The molecule has 0 aliphatic carbocycles. The summed E-state index contributed by atoms with van der Waals surface area (Å²) in [5, 5.41) is 2.77. The van der Waals surface area contributed by atoms with E-state index in [4.69, 9.17) is 14.2 Å². The minimum absolute atomic E-state index is 0.0901. The van der Waals surface area contributed by atoms with E-state index in [0.29, 0.717) is 31.3 Å². The van der Waals surface area contributed by atoms with Gasteiger partial charge >= 0.3 is 5.97 Å². The van der Waals surface area contributed by atoms with E-state index in [2.05, 4.69) is 5.32 Å². The predicted octanol–water partition coefficient (Wildman–Crippen LogP) is 2.44. The number of ether oxygens (including phenoxy) is 3. The largest absolute Gasteiger partial charge is 0.493 e. The second-order valence-electron chi connectivity index (χ2n) is 4.92. The summed E-state index contributed by atoms with van der Waals surface area (Å²) in [5.74, 6) is 0.772. The van der Waals surface area contributed by atoms with E-state index in [1.165, 1.54) is 0 Å². The van der Waals surface area contributed by atoms with Gasteiger partial charge in [0.25, 0.3) is 0 Å². The molecule has 6 nitrogen and oxygen atoms in total. The van der Waals surface area contributed by atoms with Crippen LogP contribution in [0.4, 0.5) is 0 Å². The number of methoxy groups -OCH3 is 1. The molecule has 1 N–H and O–H groups in total. The molecule has 0 aromatic heterocycles. The molecule has 0 bridgehead atoms. The normalized spacial score (nSPS) is 10.0. The Morgan fingerprint density at radius 3 is 2.57 bits per heavy atom. The van der Waals surface area contributed by atoms with Crippen LogP contribution < -0.4 is 14.8 Å². The summed E-state index contributed by atoms with van der Waals surface area (Å²) >= 11 is 0. The van der Waals surface area contributed by atoms with Gasteiger partial charge in [-0.2, -0.15) is 0 Å². The fourth-order valence-corrected chi connectivity index (χ4v) is 1.89. The lowest BCUT2D eigenvalue weighted by Crippen LogP contribution is -2.23. The Bertz CT molecular complexity index is 516. The van der Waals surface area contributed by atoms with E-state index < -0.39 is 0 Å². The Morgan fingerprint density at radius 2 is 1.91 bits per heavy atom. The molecular weight excluding hydrogens is 298 g/mol. The van der Waals surface area contributed by atoms with Gasteiger partial charge in [-0.3, -0.25) is 9.59 Å². The molecule has 1 aromatic carbocycles. The number of rotatable bonds is 10. The van der Waals surface area contributed by atoms with Crippen LogP contribution in [0.1, 0.15) is 38.7 Å². The Hall–Kier alpha value is -2.24. The Morgan fingerprint density at radius 1 is 1.13 bits per heavy atom. The lowest BCUT2D eigenvalue weighted by molar-refractivity contribution is -0.144. The highest BCUT2D eigenvalue weighted by Crippen LogP contribution is 2.28. The molecule has 0 aliphatic rings. The van der Waals surface area contributed by atoms with Crippen molar-refractivity contribution in [1.82, 2.24) is 5.32 Å². The van der Waals surface area contributed by atoms with E-state index >= 15 is 0 Å². The molecular formula is C17H25NO5. The first kappa shape index (κ1) is 18.8. The summed E-state index contributed by atoms with van der Waals surface area (Å²) in [5.41, 5.74) is 0.898. The van der Waals surface area contributed by atoms with Crippen LogP contribution in [0.25, 0.3) is 0 Å². The standard InChI is InChI=1S/C17H25NO5/c1-4-10-23-14-7-6-13(11-15(14)21-3)12-18-16(19)8-9-17(20)22-5-2/h6-7,11H,4-5,8-10,12H2,1-3H3,(H,18,19). The van der Waals surface area contributed by atoms with Gasteiger partial charge in [-0.1, -0.05) is 13.0 Å². The third-order valence-corrected chi connectivity index (χ3v) is 3.04. The molecule has 0 atom stereocenters. The summed E-state index contributed by atoms with van der Waals surface area (Å²) in [7, 11) is 1.58. The molecule has 0 saturated carbocycles. The minimum atomic E-state index is -0.359. The Labute approximate surface area is 137 Å². The summed E-state index contributed by atoms with van der Waals surface area (Å²) in [6.45, 7) is 5.09. The summed E-state index contributed by atoms with van der Waals surface area (Å²) in [6, 6.07) is 5.53. The number of hydrogen-bond donors (Lipinski definition) is 1. The quantitative estimate of drug-likeness (QED) is 0.670. The van der Waals surface area contributed by atoms with E-state index in [1.54, 1.807) is 14.0 Å². The van der Waals surface area contributed by atoms with Gasteiger partial charge in [0, 0.05) is 13.0 Å². The van der Waals surface area contributed by atoms with Crippen LogP contribution in [0.5, 0.6) is 11.5 Å². The van der Waals surface area contributed by atoms with Gasteiger partial charge < -0.3 is 19.5 Å². The average Bonchev–Trinajstić information content (AvgIpc) is 2.56. The van der Waals surface area contributed by atoms with E-state index in [9.17, 15) is 9.59 Å². The molecule has 1 amide bonds. The smallest absolute Gasteiger partial charge is 0.306 e. The SMILES string of the molecule is CCCOc1ccc(CNC(=O)CCC(=O)OCC)cc1OC. The van der Waals surface area contributed by atoms with Gasteiger partial charge in [0.2, 0.25) is 5.91 Å². The second-order valence-corrected chi connectivity index (χ2v) is 4.92. The first-order valence-corrected chi connectivity index (χ1v) is 7.82. The number of amides is 1. The molecule has 23 heavy (non-hydrogen) atoms. The van der Waals surface area contributed by atoms with Crippen molar-refractivity contribution in [3.05, 3.63) is 23.8 Å². The Kier molecular flexibility index (Phi) is 8.57. The van der Waals surface area contributed by atoms with Crippen molar-refractivity contribution >= 4 is 11.9 Å². The highest BCUT2D eigenvalue weighted by molar-refractivity contribution is 5.81. The zero-order valence-electron chi connectivity index (χ0n) is 14.0. The number of carbonyl (C=O) groups is 2. The van der Waals surface area contributed by atoms with Gasteiger partial charge in [-0.25, -0.2) is 0 Å². The number of hydrogen-bond acceptors (Lipinski definition) is 5. The van der Waals surface area contributed by atoms with E-state index in [-0.39, 0.29) is 24.7 Å². The maximum atomic E-state index is 11.7. The Balaban J connectivity index is 2.47. The van der Waals surface area contributed by atoms with Gasteiger partial charge in [0.05, 0.1) is 26.7 Å². The highest BCUT2D eigenvalue weighted by atomic mass is 16.5. The molecule has 0 fully saturated rings. The molecule has 128 valence electrons. The van der Waals surface area contributed by atoms with Crippen LogP contribution >= 0.6 is 0 Å². The van der Waals surface area contributed by atoms with Crippen molar-refractivity contribution in [3.63, 3.8) is 0 Å². The van der Waals surface area contributed by atoms with E-state index in [1.807, 2.05) is 25.1 Å². The fraction of sp³-hybridized carbons (Fsp3) is 0.529. The molecule has 0 unspecified atom stereocenters. The first-order chi connectivity index (χ1) is 11.1. The average molecular weight is 323 g/mol. The molecule has 0 radical (unpaired) electrons. The van der Waals surface area contributed by atoms with Gasteiger partial charge in [-0.05, 0) is 31.0 Å². The lowest BCUT2D eigenvalue weighted by Gasteiger charge is -2.12. The van der Waals surface area contributed by atoms with Crippen molar-refractivity contribution in [1.29, 1.82) is 0 Å². The second kappa shape index (κ2) is 10.5. The van der Waals surface area contributed by atoms with Crippen molar-refractivity contribution in [3.8, 4) is 11.5 Å². The van der Waals surface area contributed by atoms with Crippen molar-refractivity contribution in [2.45, 2.75) is 39.7 Å². The van der Waals surface area contributed by atoms with Crippen molar-refractivity contribution < 1.29 is 23.8 Å². The molecule has 0 heterocycles. The van der Waals surface area contributed by atoms with Crippen LogP contribution in [0.3, 0.4) is 0 Å². The number of carbonyl (C=O) groups excluding carboxylic acids is 2. The molecule has 0 aliphatic heterocycles. The van der Waals surface area contributed by atoms with Gasteiger partial charge in [-0.15, -0.1) is 0 Å². The number of benzene rings is 1. The van der Waals surface area contributed by atoms with Gasteiger partial charge in [0.1, 0.15) is 0 Å². The van der Waals surface area contributed by atoms with Crippen LogP contribution in [0.15, 0.2) is 18.2 Å². The molecule has 1 aromatic rings. The summed E-state index contributed by atoms with van der Waals surface area (Å²) < 4.78 is 15.7. The number of esters is 1. The minimum Gasteiger partial charge on any atom is -0.493 e. The van der Waals surface area contributed by atoms with Crippen molar-refractivity contribution in [2.75, 3.05) is 20.3 Å². The predicted molar refractivity (Wildman–Crippen MR) is 86.5 cm³/mol. The van der Waals surface area contributed by atoms with Crippen molar-refractivity contribution in [2.24, 2.45) is 0 Å². The molecule has 1 rings (SSSR count). The van der Waals surface area contributed by atoms with Crippen LogP contribution in [-0.2, 0) is 20.9 Å². The zero-order valence-corrected chi connectivity index (χ0v) is 14.0. The molecule has 6 heteroatoms. The fourth-order valence-electron chi connectivity index (χ4n) is 1.89. The lowest BCUT2D eigenvalue weighted by atomic mass is 10.2. The third-order valence-electron chi connectivity index (χ3n) is 3.04. The number of nitrogens with one attached hydrogen (secondary N) is 1. The maximum absolute atomic E-state index is 11.7. The van der Waals surface area contributed by atoms with Crippen LogP contribution in [0, 0.1) is 0 Å². The highest BCUT2D eigenvalue weighted by Gasteiger charge is 2.09. The third kappa shape index (κ3) is 7.04. The maximum Gasteiger partial charge on any atom is 0.306 e. The summed E-state index contributed by atoms with van der Waals surface area (Å²) in [4.78, 5) is 22.9. The molecule has 0 spiro atoms.